The lowest BCUT2D eigenvalue weighted by Crippen LogP contribution is -2.28. The fraction of sp³-hybridized carbons (Fsp3) is 0.629. The van der Waals surface area contributed by atoms with Crippen LogP contribution in [0.25, 0.3) is 12.2 Å². The Kier molecular flexibility index (Phi) is 49.6. The van der Waals surface area contributed by atoms with Crippen LogP contribution in [0.3, 0.4) is 0 Å². The maximum absolute atomic E-state index is 11.6. The number of hydrogen-bond acceptors (Lipinski definition) is 9. The Balaban J connectivity index is -0.000000245. The van der Waals surface area contributed by atoms with Crippen molar-refractivity contribution in [3.8, 4) is 12.3 Å². The number of rotatable bonds is 8. The second kappa shape index (κ2) is 47.5. The number of hydrogen-bond donors (Lipinski definition) is 0. The smallest absolute Gasteiger partial charge is 0.163 e. The minimum Gasteiger partial charge on any atom is -0.326 e. The van der Waals surface area contributed by atoms with Crippen LogP contribution in [-0.4, -0.2) is 59.8 Å². The largest absolute Gasteiger partial charge is 0.326 e. The Hall–Kier alpha value is -6.67. The van der Waals surface area contributed by atoms with E-state index in [-0.39, 0.29) is 72.3 Å². The highest BCUT2D eigenvalue weighted by Crippen LogP contribution is 2.33. The number of carbonyl (C=O) groups excluding carboxylic acids is 7. The molecule has 3 aliphatic rings. The third kappa shape index (κ3) is 53.2. The van der Waals surface area contributed by atoms with Crippen molar-refractivity contribution in [1.82, 2.24) is 19.3 Å². The molecule has 11 nitrogen and oxygen atoms in total. The normalized spacial score (nSPS) is 14.2. The maximum atomic E-state index is 11.6. The second-order valence-electron chi connectivity index (χ2n) is 36.1. The quantitative estimate of drug-likeness (QED) is 0.143. The van der Waals surface area contributed by atoms with Gasteiger partial charge in [0, 0.05) is 74.9 Å². The van der Waals surface area contributed by atoms with E-state index < -0.39 is 0 Å². The molecule has 0 fully saturated rings. The molecule has 0 amide bonds. The minimum atomic E-state index is -0.248. The van der Waals surface area contributed by atoms with Gasteiger partial charge in [0.15, 0.2) is 34.7 Å². The molecule has 2 heterocycles. The molecule has 0 saturated heterocycles. The van der Waals surface area contributed by atoms with E-state index in [0.29, 0.717) is 40.9 Å². The summed E-state index contributed by atoms with van der Waals surface area (Å²) in [6.45, 7) is 86.3. The molecule has 0 aromatic carbocycles. The lowest BCUT2D eigenvalue weighted by Gasteiger charge is -2.29. The van der Waals surface area contributed by atoms with Crippen LogP contribution in [0.15, 0.2) is 122 Å². The zero-order valence-corrected chi connectivity index (χ0v) is 71.0. The molecular formula is C89H150N4O7. The van der Waals surface area contributed by atoms with Gasteiger partial charge in [-0.2, -0.15) is 5.10 Å². The van der Waals surface area contributed by atoms with E-state index in [0.717, 1.165) is 73.2 Å². The van der Waals surface area contributed by atoms with E-state index in [1.54, 1.807) is 42.7 Å². The molecule has 1 unspecified atom stereocenters. The molecule has 2 aromatic heterocycles. The lowest BCUT2D eigenvalue weighted by atomic mass is 9.74. The van der Waals surface area contributed by atoms with Crippen molar-refractivity contribution in [2.45, 2.75) is 312 Å². The van der Waals surface area contributed by atoms with Gasteiger partial charge in [-0.25, -0.2) is 4.98 Å². The number of terminal acetylenes is 1. The molecule has 0 saturated carbocycles. The number of allylic oxidation sites excluding steroid dienone is 12. The number of ketones is 7. The van der Waals surface area contributed by atoms with Gasteiger partial charge in [-0.1, -0.05) is 243 Å². The van der Waals surface area contributed by atoms with Crippen molar-refractivity contribution >= 4 is 52.6 Å². The number of aromatic nitrogens is 4. The van der Waals surface area contributed by atoms with Crippen LogP contribution >= 0.6 is 0 Å². The molecule has 11 heteroatoms. The molecule has 0 bridgehead atoms. The summed E-state index contributed by atoms with van der Waals surface area (Å²) in [6, 6.07) is 1.96. The summed E-state index contributed by atoms with van der Waals surface area (Å²) < 4.78 is 4.03. The van der Waals surface area contributed by atoms with Crippen LogP contribution in [0.5, 0.6) is 0 Å². The van der Waals surface area contributed by atoms with Gasteiger partial charge in [0.25, 0.3) is 0 Å². The van der Waals surface area contributed by atoms with Gasteiger partial charge in [0.05, 0.1) is 11.2 Å². The van der Waals surface area contributed by atoms with Gasteiger partial charge in [-0.3, -0.25) is 38.2 Å². The molecule has 100 heavy (non-hydrogen) atoms. The predicted octanol–water partition coefficient (Wildman–Crippen LogP) is 24.2. The summed E-state index contributed by atoms with van der Waals surface area (Å²) in [7, 11) is 0. The van der Waals surface area contributed by atoms with Crippen molar-refractivity contribution in [2.75, 3.05) is 0 Å². The first kappa shape index (κ1) is 104. The standard InChI is InChI=1S/2C10H16O.2C9H14N2.C9H14O.C9H16O.C8H14O.C7H14O.C7H12O.C6H12.C5H8/c1-10(2,3)8-6-4-5-7-9(8)11;1-10(2,3)9(11)8-6-4-5-7-8;1-5-8-10-6-7-11(8)9(2,3)4;1-5-8-6-7-11(10-8)9(2,3)4;1-9(2,3)8(10)7-5-4-6-7;1-7(2)6-8(10)9(3,4)5;1-5-6-7(9)8(2,3)4;2*1-5-6(8)7(2,3)4;1-5-6(2,3)4;1-4-5(2)3/h5,7-8H,4,6H2,1-3H3;6H,4-5,7H2,1-3H3;2*5-7H,1H2,2-4H3;5H,4,6H2,1-3H3;6H,1-5H3;5-6H,1-4H3;5H2,1-4H3;5H,1H2,2-4H3;5H,1H2,2-4H3;1,5H,2-3H3/b;;;;;;6-5+;;;;. The van der Waals surface area contributed by atoms with Crippen LogP contribution in [0.2, 0.25) is 0 Å². The molecule has 5 rings (SSSR count). The van der Waals surface area contributed by atoms with E-state index in [1.165, 1.54) is 6.08 Å². The average molecular weight is 1390 g/mol. The van der Waals surface area contributed by atoms with Gasteiger partial charge in [-0.05, 0) is 172 Å². The van der Waals surface area contributed by atoms with Crippen molar-refractivity contribution in [2.24, 2.45) is 55.2 Å². The highest BCUT2D eigenvalue weighted by atomic mass is 16.2. The summed E-state index contributed by atoms with van der Waals surface area (Å²) in [5.41, 5.74) is 3.52. The van der Waals surface area contributed by atoms with Gasteiger partial charge in [-0.15, -0.1) is 18.9 Å². The molecule has 2 aromatic rings. The Morgan fingerprint density at radius 2 is 1.05 bits per heavy atom. The third-order valence-corrected chi connectivity index (χ3v) is 14.4. The van der Waals surface area contributed by atoms with Crippen LogP contribution in [0, 0.1) is 67.5 Å². The summed E-state index contributed by atoms with van der Waals surface area (Å²) in [5, 5.41) is 4.30. The number of nitrogens with zero attached hydrogens (tertiary/aromatic N) is 4. The van der Waals surface area contributed by atoms with Crippen molar-refractivity contribution in [3.63, 3.8) is 0 Å². The minimum absolute atomic E-state index is 0.0707. The highest BCUT2D eigenvalue weighted by molar-refractivity contribution is 6.00. The zero-order chi connectivity index (χ0) is 80.6. The molecule has 568 valence electrons. The van der Waals surface area contributed by atoms with Crippen molar-refractivity contribution < 1.29 is 33.6 Å². The first-order valence-corrected chi connectivity index (χ1v) is 36.0. The highest BCUT2D eigenvalue weighted by Gasteiger charge is 2.31. The SMILES string of the molecule is C#CC(C)C.C/C=C/C(=O)C(C)(C)C.C=CC(=O)C(C)(C)C.C=CC(C)(C)C.C=Cc1ccn(C(C)(C)C)n1.C=Cc1nccn1C(C)(C)C.CC(C)(C)C(=O)C1=CCC1.CC(C)(C)C(=O)C1=CCCC1.CC(C)(C)C1CCC=CC1=O.CC(C)=CC(=O)C(C)(C)C.CCC(=O)C(C)(C)C. The molecular weight excluding hydrogens is 1240 g/mol. The monoisotopic (exact) mass is 1390 g/mol. The molecule has 0 spiro atoms. The first-order chi connectivity index (χ1) is 44.8. The summed E-state index contributed by atoms with van der Waals surface area (Å²) >= 11 is 0. The van der Waals surface area contributed by atoms with Gasteiger partial charge in [0.2, 0.25) is 0 Å². The Morgan fingerprint density at radius 3 is 1.22 bits per heavy atom. The fourth-order valence-corrected chi connectivity index (χ4v) is 7.49. The maximum Gasteiger partial charge on any atom is 0.163 e. The van der Waals surface area contributed by atoms with Gasteiger partial charge in [0.1, 0.15) is 11.6 Å². The van der Waals surface area contributed by atoms with Crippen LogP contribution in [0.4, 0.5) is 0 Å². The third-order valence-electron chi connectivity index (χ3n) is 14.4. The van der Waals surface area contributed by atoms with Gasteiger partial charge < -0.3 is 4.57 Å². The molecule has 1 atom stereocenters. The van der Waals surface area contributed by atoms with Crippen LogP contribution in [0.1, 0.15) is 312 Å². The Labute approximate surface area is 615 Å². The molecule has 3 aliphatic carbocycles. The number of carbonyl (C=O) groups is 7. The van der Waals surface area contributed by atoms with Crippen LogP contribution in [-0.2, 0) is 44.6 Å². The van der Waals surface area contributed by atoms with E-state index in [1.807, 2.05) is 208 Å². The number of Topliss-reactive ketones (excluding diaryl/α,β-unsaturated/α-hetero) is 3. The topological polar surface area (TPSA) is 155 Å². The summed E-state index contributed by atoms with van der Waals surface area (Å²) in [5.74, 6) is 5.88. The summed E-state index contributed by atoms with van der Waals surface area (Å²) in [6.07, 6.45) is 38.5. The molecule has 0 N–H and O–H groups in total. The van der Waals surface area contributed by atoms with Crippen molar-refractivity contribution in [1.29, 1.82) is 0 Å². The van der Waals surface area contributed by atoms with E-state index in [4.69, 9.17) is 6.42 Å². The Bertz CT molecular complexity index is 3030. The fourth-order valence-electron chi connectivity index (χ4n) is 7.49. The Morgan fingerprint density at radius 1 is 0.610 bits per heavy atom. The van der Waals surface area contributed by atoms with E-state index in [9.17, 15) is 33.6 Å². The number of imidazole rings is 1. The molecule has 0 aliphatic heterocycles. The predicted molar refractivity (Wildman–Crippen MR) is 435 cm³/mol. The van der Waals surface area contributed by atoms with E-state index in [2.05, 4.69) is 136 Å². The second-order valence-corrected chi connectivity index (χ2v) is 36.1. The van der Waals surface area contributed by atoms with E-state index >= 15 is 0 Å². The average Bonchev–Trinajstić information content (AvgIpc) is 1.36. The lowest BCUT2D eigenvalue weighted by molar-refractivity contribution is -0.126. The van der Waals surface area contributed by atoms with Crippen LogP contribution < -0.4 is 0 Å². The molecule has 0 radical (unpaired) electrons. The summed E-state index contributed by atoms with van der Waals surface area (Å²) in [4.78, 5) is 82.2. The van der Waals surface area contributed by atoms with Gasteiger partial charge >= 0.3 is 0 Å². The first-order valence-electron chi connectivity index (χ1n) is 36.0. The zero-order valence-electron chi connectivity index (χ0n) is 71.0. The van der Waals surface area contributed by atoms with Crippen molar-refractivity contribution in [3.05, 3.63) is 134 Å².